The van der Waals surface area contributed by atoms with Gasteiger partial charge in [0.2, 0.25) is 5.91 Å². The topological polar surface area (TPSA) is 52.7 Å². The summed E-state index contributed by atoms with van der Waals surface area (Å²) in [5.41, 5.74) is 2.79. The highest BCUT2D eigenvalue weighted by atomic mass is 16.2. The fourth-order valence-electron chi connectivity index (χ4n) is 3.44. The zero-order chi connectivity index (χ0) is 20.1. The SMILES string of the molecule is CC(C)c1ccc(NC(=O)[C@@H](C)N2CCN(C(=O)c3ccccc3)CC2)cc1. The Morgan fingerprint density at radius 2 is 1.46 bits per heavy atom. The summed E-state index contributed by atoms with van der Waals surface area (Å²) in [6.07, 6.45) is 0. The molecule has 2 aromatic carbocycles. The largest absolute Gasteiger partial charge is 0.336 e. The van der Waals surface area contributed by atoms with Crippen LogP contribution in [0.1, 0.15) is 42.6 Å². The van der Waals surface area contributed by atoms with Gasteiger partial charge in [-0.3, -0.25) is 14.5 Å². The van der Waals surface area contributed by atoms with Gasteiger partial charge in [-0.25, -0.2) is 0 Å². The number of amides is 2. The van der Waals surface area contributed by atoms with E-state index in [1.165, 1.54) is 5.56 Å². The Hall–Kier alpha value is -2.66. The minimum absolute atomic E-state index is 0.0138. The quantitative estimate of drug-likeness (QED) is 0.864. The van der Waals surface area contributed by atoms with E-state index in [-0.39, 0.29) is 17.9 Å². The van der Waals surface area contributed by atoms with Crippen molar-refractivity contribution < 1.29 is 9.59 Å². The predicted molar refractivity (Wildman–Crippen MR) is 113 cm³/mol. The van der Waals surface area contributed by atoms with Crippen LogP contribution >= 0.6 is 0 Å². The summed E-state index contributed by atoms with van der Waals surface area (Å²) in [5.74, 6) is 0.515. The summed E-state index contributed by atoms with van der Waals surface area (Å²) in [4.78, 5) is 29.2. The molecule has 5 heteroatoms. The first kappa shape index (κ1) is 20.1. The monoisotopic (exact) mass is 379 g/mol. The van der Waals surface area contributed by atoms with E-state index in [4.69, 9.17) is 0 Å². The fourth-order valence-corrected chi connectivity index (χ4v) is 3.44. The Morgan fingerprint density at radius 1 is 0.857 bits per heavy atom. The van der Waals surface area contributed by atoms with Gasteiger partial charge in [0.1, 0.15) is 0 Å². The number of hydrogen-bond acceptors (Lipinski definition) is 3. The van der Waals surface area contributed by atoms with Crippen molar-refractivity contribution in [3.63, 3.8) is 0 Å². The minimum atomic E-state index is -0.237. The third-order valence-electron chi connectivity index (χ3n) is 5.39. The second-order valence-electron chi connectivity index (χ2n) is 7.64. The Labute approximate surface area is 167 Å². The normalized spacial score (nSPS) is 16.1. The fraction of sp³-hybridized carbons (Fsp3) is 0.391. The zero-order valence-electron chi connectivity index (χ0n) is 16.9. The van der Waals surface area contributed by atoms with Crippen LogP contribution in [-0.4, -0.2) is 53.8 Å². The molecular formula is C23H29N3O2. The standard InChI is InChI=1S/C23H29N3O2/c1-17(2)19-9-11-21(12-10-19)24-22(27)18(3)25-13-15-26(16-14-25)23(28)20-7-5-4-6-8-20/h4-12,17-18H,13-16H2,1-3H3,(H,24,27)/t18-/m1/s1. The number of piperazine rings is 1. The Kier molecular flexibility index (Phi) is 6.47. The molecule has 1 saturated heterocycles. The van der Waals surface area contributed by atoms with Crippen molar-refractivity contribution >= 4 is 17.5 Å². The van der Waals surface area contributed by atoms with Crippen molar-refractivity contribution in [3.05, 3.63) is 65.7 Å². The van der Waals surface area contributed by atoms with E-state index in [0.717, 1.165) is 5.69 Å². The number of hydrogen-bond donors (Lipinski definition) is 1. The van der Waals surface area contributed by atoms with Crippen LogP contribution in [0.15, 0.2) is 54.6 Å². The highest BCUT2D eigenvalue weighted by Crippen LogP contribution is 2.18. The first-order chi connectivity index (χ1) is 13.5. The van der Waals surface area contributed by atoms with Crippen LogP contribution in [0, 0.1) is 0 Å². The molecule has 0 unspecified atom stereocenters. The van der Waals surface area contributed by atoms with E-state index >= 15 is 0 Å². The van der Waals surface area contributed by atoms with Gasteiger partial charge in [-0.2, -0.15) is 0 Å². The number of anilines is 1. The third kappa shape index (κ3) is 4.78. The molecule has 0 aromatic heterocycles. The molecule has 0 saturated carbocycles. The molecule has 0 radical (unpaired) electrons. The van der Waals surface area contributed by atoms with Gasteiger partial charge in [0.05, 0.1) is 6.04 Å². The van der Waals surface area contributed by atoms with E-state index in [1.807, 2.05) is 54.3 Å². The van der Waals surface area contributed by atoms with Crippen LogP contribution in [0.25, 0.3) is 0 Å². The number of benzene rings is 2. The lowest BCUT2D eigenvalue weighted by Gasteiger charge is -2.37. The molecule has 1 fully saturated rings. The Morgan fingerprint density at radius 3 is 2.04 bits per heavy atom. The molecule has 2 amide bonds. The van der Waals surface area contributed by atoms with Gasteiger partial charge in [-0.15, -0.1) is 0 Å². The molecule has 1 atom stereocenters. The van der Waals surface area contributed by atoms with Gasteiger partial charge in [-0.05, 0) is 42.7 Å². The van der Waals surface area contributed by atoms with E-state index in [0.29, 0.717) is 37.7 Å². The average Bonchev–Trinajstić information content (AvgIpc) is 2.73. The first-order valence-electron chi connectivity index (χ1n) is 9.95. The molecule has 148 valence electrons. The molecule has 5 nitrogen and oxygen atoms in total. The smallest absolute Gasteiger partial charge is 0.253 e. The number of carbonyl (C=O) groups excluding carboxylic acids is 2. The van der Waals surface area contributed by atoms with Gasteiger partial charge >= 0.3 is 0 Å². The maximum Gasteiger partial charge on any atom is 0.253 e. The van der Waals surface area contributed by atoms with Gasteiger partial charge in [0.15, 0.2) is 0 Å². The van der Waals surface area contributed by atoms with Crippen molar-refractivity contribution in [1.29, 1.82) is 0 Å². The highest BCUT2D eigenvalue weighted by molar-refractivity contribution is 5.95. The second kappa shape index (κ2) is 9.02. The average molecular weight is 380 g/mol. The predicted octanol–water partition coefficient (Wildman–Crippen LogP) is 3.60. The second-order valence-corrected chi connectivity index (χ2v) is 7.64. The number of nitrogens with zero attached hydrogens (tertiary/aromatic N) is 2. The van der Waals surface area contributed by atoms with E-state index < -0.39 is 0 Å². The van der Waals surface area contributed by atoms with Crippen molar-refractivity contribution in [2.45, 2.75) is 32.7 Å². The van der Waals surface area contributed by atoms with Gasteiger partial charge in [-0.1, -0.05) is 44.2 Å². The number of nitrogens with one attached hydrogen (secondary N) is 1. The van der Waals surface area contributed by atoms with E-state index in [1.54, 1.807) is 0 Å². The lowest BCUT2D eigenvalue weighted by Crippen LogP contribution is -2.54. The van der Waals surface area contributed by atoms with Gasteiger partial charge in [0.25, 0.3) is 5.91 Å². The number of carbonyl (C=O) groups is 2. The third-order valence-corrected chi connectivity index (χ3v) is 5.39. The van der Waals surface area contributed by atoms with Crippen LogP contribution in [-0.2, 0) is 4.79 Å². The first-order valence-corrected chi connectivity index (χ1v) is 9.95. The summed E-state index contributed by atoms with van der Waals surface area (Å²) in [6.45, 7) is 8.88. The lowest BCUT2D eigenvalue weighted by molar-refractivity contribution is -0.121. The van der Waals surface area contributed by atoms with Crippen LogP contribution in [0.3, 0.4) is 0 Å². The van der Waals surface area contributed by atoms with Gasteiger partial charge in [0, 0.05) is 37.4 Å². The van der Waals surface area contributed by atoms with E-state index in [2.05, 4.69) is 36.2 Å². The maximum absolute atomic E-state index is 12.6. The zero-order valence-corrected chi connectivity index (χ0v) is 16.9. The van der Waals surface area contributed by atoms with Crippen LogP contribution in [0.2, 0.25) is 0 Å². The summed E-state index contributed by atoms with van der Waals surface area (Å²) in [5, 5.41) is 3.00. The molecule has 28 heavy (non-hydrogen) atoms. The molecule has 1 heterocycles. The van der Waals surface area contributed by atoms with Crippen molar-refractivity contribution in [3.8, 4) is 0 Å². The number of rotatable bonds is 5. The van der Waals surface area contributed by atoms with Crippen molar-refractivity contribution in [1.82, 2.24) is 9.80 Å². The molecule has 1 N–H and O–H groups in total. The molecule has 0 bridgehead atoms. The van der Waals surface area contributed by atoms with Crippen LogP contribution in [0.4, 0.5) is 5.69 Å². The summed E-state index contributed by atoms with van der Waals surface area (Å²) < 4.78 is 0. The van der Waals surface area contributed by atoms with Crippen LogP contribution in [0.5, 0.6) is 0 Å². The molecule has 3 rings (SSSR count). The molecule has 1 aliphatic heterocycles. The summed E-state index contributed by atoms with van der Waals surface area (Å²) >= 11 is 0. The maximum atomic E-state index is 12.6. The highest BCUT2D eigenvalue weighted by Gasteiger charge is 2.27. The Balaban J connectivity index is 1.52. The molecule has 0 spiro atoms. The summed E-state index contributed by atoms with van der Waals surface area (Å²) in [7, 11) is 0. The molecular weight excluding hydrogens is 350 g/mol. The molecule has 1 aliphatic rings. The van der Waals surface area contributed by atoms with Crippen molar-refractivity contribution in [2.75, 3.05) is 31.5 Å². The molecule has 2 aromatic rings. The lowest BCUT2D eigenvalue weighted by atomic mass is 10.0. The minimum Gasteiger partial charge on any atom is -0.336 e. The van der Waals surface area contributed by atoms with Crippen molar-refractivity contribution in [2.24, 2.45) is 0 Å². The Bertz CT molecular complexity index is 794. The summed E-state index contributed by atoms with van der Waals surface area (Å²) in [6, 6.07) is 17.1. The van der Waals surface area contributed by atoms with E-state index in [9.17, 15) is 9.59 Å². The van der Waals surface area contributed by atoms with Crippen LogP contribution < -0.4 is 5.32 Å². The van der Waals surface area contributed by atoms with Gasteiger partial charge < -0.3 is 10.2 Å². The molecule has 0 aliphatic carbocycles.